The van der Waals surface area contributed by atoms with Gasteiger partial charge in [-0.1, -0.05) is 35.6 Å². The highest BCUT2D eigenvalue weighted by Gasteiger charge is 1.91. The SMILES string of the molecule is CCc1cccc(CI)n1. The molecule has 1 heterocycles. The number of aryl methyl sites for hydroxylation is 1. The van der Waals surface area contributed by atoms with Crippen molar-refractivity contribution in [2.45, 2.75) is 17.8 Å². The maximum atomic E-state index is 4.40. The van der Waals surface area contributed by atoms with Gasteiger partial charge in [0, 0.05) is 10.1 Å². The van der Waals surface area contributed by atoms with Crippen molar-refractivity contribution in [2.75, 3.05) is 0 Å². The molecule has 1 rings (SSSR count). The molecule has 0 aliphatic carbocycles. The van der Waals surface area contributed by atoms with Gasteiger partial charge in [0.15, 0.2) is 0 Å². The predicted molar refractivity (Wildman–Crippen MR) is 51.3 cm³/mol. The Hall–Kier alpha value is -0.120. The van der Waals surface area contributed by atoms with E-state index in [4.69, 9.17) is 0 Å². The Kier molecular flexibility index (Phi) is 3.12. The van der Waals surface area contributed by atoms with Crippen LogP contribution in [0, 0.1) is 0 Å². The van der Waals surface area contributed by atoms with E-state index in [1.807, 2.05) is 0 Å². The largest absolute Gasteiger partial charge is 0.257 e. The van der Waals surface area contributed by atoms with Crippen molar-refractivity contribution in [3.8, 4) is 0 Å². The molecule has 0 saturated heterocycles. The van der Waals surface area contributed by atoms with E-state index in [9.17, 15) is 0 Å². The monoisotopic (exact) mass is 247 g/mol. The van der Waals surface area contributed by atoms with Crippen LogP contribution in [0.3, 0.4) is 0 Å². The summed E-state index contributed by atoms with van der Waals surface area (Å²) in [4.78, 5) is 4.40. The van der Waals surface area contributed by atoms with Crippen LogP contribution in [0.4, 0.5) is 0 Å². The zero-order valence-electron chi connectivity index (χ0n) is 5.97. The first-order valence-electron chi connectivity index (χ1n) is 3.37. The summed E-state index contributed by atoms with van der Waals surface area (Å²) in [5, 5.41) is 0. The molecule has 0 bridgehead atoms. The molecule has 2 heteroatoms. The number of rotatable bonds is 2. The summed E-state index contributed by atoms with van der Waals surface area (Å²) in [7, 11) is 0. The van der Waals surface area contributed by atoms with E-state index in [1.54, 1.807) is 0 Å². The standard InChI is InChI=1S/C8H10IN/c1-2-7-4-3-5-8(6-9)10-7/h3-5H,2,6H2,1H3. The lowest BCUT2D eigenvalue weighted by atomic mass is 10.3. The minimum atomic E-state index is 1.01. The number of alkyl halides is 1. The molecular weight excluding hydrogens is 237 g/mol. The van der Waals surface area contributed by atoms with Crippen LogP contribution < -0.4 is 0 Å². The molecule has 1 aromatic heterocycles. The van der Waals surface area contributed by atoms with Gasteiger partial charge in [-0.2, -0.15) is 0 Å². The summed E-state index contributed by atoms with van der Waals surface area (Å²) in [6.45, 7) is 2.12. The fourth-order valence-electron chi connectivity index (χ4n) is 0.801. The lowest BCUT2D eigenvalue weighted by Gasteiger charge is -1.97. The van der Waals surface area contributed by atoms with Gasteiger partial charge in [-0.05, 0) is 18.6 Å². The smallest absolute Gasteiger partial charge is 0.0504 e. The molecule has 0 atom stereocenters. The maximum Gasteiger partial charge on any atom is 0.0504 e. The Labute approximate surface area is 75.0 Å². The van der Waals surface area contributed by atoms with Crippen LogP contribution in [-0.4, -0.2) is 4.98 Å². The van der Waals surface area contributed by atoms with Crippen molar-refractivity contribution in [1.82, 2.24) is 4.98 Å². The normalized spacial score (nSPS) is 9.80. The molecule has 0 saturated carbocycles. The molecule has 1 aromatic rings. The summed E-state index contributed by atoms with van der Waals surface area (Å²) in [5.74, 6) is 0. The quantitative estimate of drug-likeness (QED) is 0.578. The average Bonchev–Trinajstić information content (AvgIpc) is 2.05. The minimum absolute atomic E-state index is 1.01. The van der Waals surface area contributed by atoms with Gasteiger partial charge in [0.2, 0.25) is 0 Å². The van der Waals surface area contributed by atoms with Crippen molar-refractivity contribution in [3.05, 3.63) is 29.6 Å². The summed E-state index contributed by atoms with van der Waals surface area (Å²) >= 11 is 2.32. The fourth-order valence-corrected chi connectivity index (χ4v) is 1.23. The molecule has 0 N–H and O–H groups in total. The van der Waals surface area contributed by atoms with E-state index in [0.29, 0.717) is 0 Å². The third-order valence-corrected chi connectivity index (χ3v) is 2.15. The molecule has 54 valence electrons. The van der Waals surface area contributed by atoms with E-state index >= 15 is 0 Å². The van der Waals surface area contributed by atoms with Crippen LogP contribution in [-0.2, 0) is 10.8 Å². The second-order valence-electron chi connectivity index (χ2n) is 2.11. The summed E-state index contributed by atoms with van der Waals surface area (Å²) < 4.78 is 1.01. The molecule has 0 spiro atoms. The lowest BCUT2D eigenvalue weighted by Crippen LogP contribution is -1.89. The highest BCUT2D eigenvalue weighted by molar-refractivity contribution is 14.1. The summed E-state index contributed by atoms with van der Waals surface area (Å²) in [6.07, 6.45) is 1.03. The molecule has 0 fully saturated rings. The first-order chi connectivity index (χ1) is 4.86. The molecule has 0 aliphatic rings. The second-order valence-corrected chi connectivity index (χ2v) is 2.87. The third kappa shape index (κ3) is 1.94. The highest BCUT2D eigenvalue weighted by Crippen LogP contribution is 2.03. The number of nitrogens with zero attached hydrogens (tertiary/aromatic N) is 1. The van der Waals surface area contributed by atoms with Gasteiger partial charge in [0.1, 0.15) is 0 Å². The van der Waals surface area contributed by atoms with Gasteiger partial charge < -0.3 is 0 Å². The third-order valence-electron chi connectivity index (χ3n) is 1.36. The number of hydrogen-bond donors (Lipinski definition) is 0. The van der Waals surface area contributed by atoms with Gasteiger partial charge in [-0.3, -0.25) is 4.98 Å². The van der Waals surface area contributed by atoms with E-state index in [0.717, 1.165) is 10.8 Å². The van der Waals surface area contributed by atoms with Crippen molar-refractivity contribution < 1.29 is 0 Å². The second kappa shape index (κ2) is 3.91. The van der Waals surface area contributed by atoms with Gasteiger partial charge in [-0.25, -0.2) is 0 Å². The zero-order chi connectivity index (χ0) is 7.40. The van der Waals surface area contributed by atoms with Gasteiger partial charge >= 0.3 is 0 Å². The number of halogens is 1. The number of pyridine rings is 1. The van der Waals surface area contributed by atoms with Gasteiger partial charge in [-0.15, -0.1) is 0 Å². The molecule has 0 radical (unpaired) electrons. The van der Waals surface area contributed by atoms with E-state index < -0.39 is 0 Å². The van der Waals surface area contributed by atoms with E-state index in [-0.39, 0.29) is 0 Å². The number of hydrogen-bond acceptors (Lipinski definition) is 1. The molecule has 0 aliphatic heterocycles. The van der Waals surface area contributed by atoms with Crippen LogP contribution in [0.15, 0.2) is 18.2 Å². The maximum absolute atomic E-state index is 4.40. The lowest BCUT2D eigenvalue weighted by molar-refractivity contribution is 1.00. The van der Waals surface area contributed by atoms with Crippen LogP contribution in [0.1, 0.15) is 18.3 Å². The van der Waals surface area contributed by atoms with Crippen molar-refractivity contribution in [2.24, 2.45) is 0 Å². The topological polar surface area (TPSA) is 12.9 Å². The summed E-state index contributed by atoms with van der Waals surface area (Å²) in [6, 6.07) is 6.20. The Morgan fingerprint density at radius 1 is 1.40 bits per heavy atom. The Morgan fingerprint density at radius 2 is 2.10 bits per heavy atom. The van der Waals surface area contributed by atoms with Crippen molar-refractivity contribution >= 4 is 22.6 Å². The zero-order valence-corrected chi connectivity index (χ0v) is 8.13. The van der Waals surface area contributed by atoms with Crippen LogP contribution >= 0.6 is 22.6 Å². The number of aromatic nitrogens is 1. The molecule has 0 unspecified atom stereocenters. The Balaban J connectivity index is 2.87. The van der Waals surface area contributed by atoms with Crippen molar-refractivity contribution in [3.63, 3.8) is 0 Å². The Bertz CT molecular complexity index is 191. The Morgan fingerprint density at radius 3 is 2.70 bits per heavy atom. The fraction of sp³-hybridized carbons (Fsp3) is 0.375. The molecule has 1 nitrogen and oxygen atoms in total. The highest BCUT2D eigenvalue weighted by atomic mass is 127. The van der Waals surface area contributed by atoms with Crippen LogP contribution in [0.25, 0.3) is 0 Å². The van der Waals surface area contributed by atoms with Gasteiger partial charge in [0.05, 0.1) is 5.69 Å². The van der Waals surface area contributed by atoms with Gasteiger partial charge in [0.25, 0.3) is 0 Å². The first-order valence-corrected chi connectivity index (χ1v) is 4.90. The van der Waals surface area contributed by atoms with E-state index in [2.05, 4.69) is 52.7 Å². The minimum Gasteiger partial charge on any atom is -0.257 e. The van der Waals surface area contributed by atoms with E-state index in [1.165, 1.54) is 11.4 Å². The molecule has 0 aromatic carbocycles. The van der Waals surface area contributed by atoms with Crippen LogP contribution in [0.5, 0.6) is 0 Å². The molecule has 10 heavy (non-hydrogen) atoms. The average molecular weight is 247 g/mol. The summed E-state index contributed by atoms with van der Waals surface area (Å²) in [5.41, 5.74) is 2.37. The van der Waals surface area contributed by atoms with Crippen molar-refractivity contribution in [1.29, 1.82) is 0 Å². The molecular formula is C8H10IN. The molecule has 0 amide bonds. The predicted octanol–water partition coefficient (Wildman–Crippen LogP) is 2.58. The first kappa shape index (κ1) is 7.98. The van der Waals surface area contributed by atoms with Crippen LogP contribution in [0.2, 0.25) is 0 Å².